The first kappa shape index (κ1) is 12.7. The molecule has 2 fully saturated rings. The minimum absolute atomic E-state index is 0.496. The molecule has 0 unspecified atom stereocenters. The molecule has 0 spiro atoms. The van der Waals surface area contributed by atoms with Crippen LogP contribution >= 0.6 is 0 Å². The Morgan fingerprint density at radius 3 is 3.00 bits per heavy atom. The molecule has 2 bridgehead atoms. The number of benzene rings is 1. The standard InChI is InChI=1S/C18H26N2/c1-19-14-7-6-13-11-17-15-5-3-4-8-18(15,16(13)12-14)9-10-20(17)2/h6-7,12,15,17,19H,3-5,8-11H2,1-2H3/t15-,17+,18+/m1/s1. The molecule has 1 aromatic carbocycles. The molecule has 0 amide bonds. The summed E-state index contributed by atoms with van der Waals surface area (Å²) in [4.78, 5) is 2.64. The van der Waals surface area contributed by atoms with Crippen molar-refractivity contribution in [3.63, 3.8) is 0 Å². The molecular formula is C18H26N2. The van der Waals surface area contributed by atoms with Gasteiger partial charge >= 0.3 is 0 Å². The molecule has 1 aromatic rings. The van der Waals surface area contributed by atoms with E-state index in [9.17, 15) is 0 Å². The van der Waals surface area contributed by atoms with Crippen LogP contribution in [0.2, 0.25) is 0 Å². The van der Waals surface area contributed by atoms with E-state index in [1.54, 1.807) is 11.1 Å². The van der Waals surface area contributed by atoms with Crippen LogP contribution in [-0.2, 0) is 11.8 Å². The molecule has 1 heterocycles. The monoisotopic (exact) mass is 270 g/mol. The molecule has 2 aliphatic carbocycles. The van der Waals surface area contributed by atoms with Gasteiger partial charge in [0.1, 0.15) is 0 Å². The third kappa shape index (κ3) is 1.60. The van der Waals surface area contributed by atoms with Gasteiger partial charge in [0.05, 0.1) is 0 Å². The summed E-state index contributed by atoms with van der Waals surface area (Å²) in [7, 11) is 4.38. The third-order valence-corrected chi connectivity index (χ3v) is 6.40. The van der Waals surface area contributed by atoms with Crippen LogP contribution < -0.4 is 5.32 Å². The maximum Gasteiger partial charge on any atom is 0.0340 e. The van der Waals surface area contributed by atoms with E-state index >= 15 is 0 Å². The number of nitrogens with one attached hydrogen (secondary N) is 1. The van der Waals surface area contributed by atoms with Crippen molar-refractivity contribution in [2.24, 2.45) is 5.92 Å². The van der Waals surface area contributed by atoms with Gasteiger partial charge in [0, 0.05) is 24.2 Å². The number of hydrogen-bond donors (Lipinski definition) is 1. The Bertz CT molecular complexity index is 524. The summed E-state index contributed by atoms with van der Waals surface area (Å²) in [5.41, 5.74) is 5.10. The summed E-state index contributed by atoms with van der Waals surface area (Å²) in [6.45, 7) is 1.28. The molecule has 0 aromatic heterocycles. The molecule has 3 aliphatic rings. The molecule has 20 heavy (non-hydrogen) atoms. The van der Waals surface area contributed by atoms with Crippen molar-refractivity contribution >= 4 is 5.69 Å². The van der Waals surface area contributed by atoms with Crippen LogP contribution in [0.3, 0.4) is 0 Å². The average molecular weight is 270 g/mol. The van der Waals surface area contributed by atoms with Crippen LogP contribution in [0.5, 0.6) is 0 Å². The second-order valence-electron chi connectivity index (χ2n) is 7.13. The number of anilines is 1. The number of likely N-dealkylation sites (tertiary alicyclic amines) is 1. The molecule has 1 saturated heterocycles. The maximum atomic E-state index is 3.34. The fourth-order valence-corrected chi connectivity index (χ4v) is 5.35. The lowest BCUT2D eigenvalue weighted by Gasteiger charge is -2.58. The maximum absolute atomic E-state index is 3.34. The van der Waals surface area contributed by atoms with E-state index in [1.165, 1.54) is 50.8 Å². The first-order valence-corrected chi connectivity index (χ1v) is 8.26. The lowest BCUT2D eigenvalue weighted by atomic mass is 9.52. The highest BCUT2D eigenvalue weighted by molar-refractivity contribution is 5.53. The van der Waals surface area contributed by atoms with Gasteiger partial charge in [-0.1, -0.05) is 18.9 Å². The summed E-state index contributed by atoms with van der Waals surface area (Å²) in [5, 5.41) is 3.34. The molecule has 2 heteroatoms. The van der Waals surface area contributed by atoms with Gasteiger partial charge < -0.3 is 10.2 Å². The summed E-state index contributed by atoms with van der Waals surface area (Å²) < 4.78 is 0. The largest absolute Gasteiger partial charge is 0.388 e. The molecule has 1 N–H and O–H groups in total. The van der Waals surface area contributed by atoms with E-state index < -0.39 is 0 Å². The number of piperidine rings is 1. The Kier molecular flexibility index (Phi) is 2.85. The first-order valence-electron chi connectivity index (χ1n) is 8.26. The van der Waals surface area contributed by atoms with Gasteiger partial charge in [-0.25, -0.2) is 0 Å². The predicted molar refractivity (Wildman–Crippen MR) is 84.4 cm³/mol. The average Bonchev–Trinajstić information content (AvgIpc) is 2.50. The zero-order valence-corrected chi connectivity index (χ0v) is 12.8. The van der Waals surface area contributed by atoms with Crippen LogP contribution in [0.15, 0.2) is 18.2 Å². The van der Waals surface area contributed by atoms with Crippen LogP contribution in [-0.4, -0.2) is 31.6 Å². The van der Waals surface area contributed by atoms with Gasteiger partial charge in [0.2, 0.25) is 0 Å². The van der Waals surface area contributed by atoms with E-state index in [0.29, 0.717) is 5.41 Å². The van der Waals surface area contributed by atoms with Crippen LogP contribution in [0.25, 0.3) is 0 Å². The lowest BCUT2D eigenvalue weighted by molar-refractivity contribution is 0.00290. The van der Waals surface area contributed by atoms with Crippen molar-refractivity contribution in [2.45, 2.75) is 50.0 Å². The predicted octanol–water partition coefficient (Wildman–Crippen LogP) is 3.42. The fraction of sp³-hybridized carbons (Fsp3) is 0.667. The van der Waals surface area contributed by atoms with Gasteiger partial charge in [0.25, 0.3) is 0 Å². The number of likely N-dealkylation sites (N-methyl/N-ethyl adjacent to an activating group) is 1. The fourth-order valence-electron chi connectivity index (χ4n) is 5.35. The van der Waals surface area contributed by atoms with E-state index in [2.05, 4.69) is 35.5 Å². The minimum atomic E-state index is 0.496. The highest BCUT2D eigenvalue weighted by Gasteiger charge is 2.52. The molecule has 108 valence electrons. The Labute approximate surface area is 122 Å². The van der Waals surface area contributed by atoms with Crippen LogP contribution in [0.4, 0.5) is 5.69 Å². The number of rotatable bonds is 1. The summed E-state index contributed by atoms with van der Waals surface area (Å²) in [6, 6.07) is 7.90. The SMILES string of the molecule is CNc1ccc2c(c1)[C@]13CCCC[C@@H]1[C@H](C2)N(C)CC3. The second kappa shape index (κ2) is 4.49. The van der Waals surface area contributed by atoms with Gasteiger partial charge in [-0.05, 0) is 68.5 Å². The zero-order valence-electron chi connectivity index (χ0n) is 12.8. The van der Waals surface area contributed by atoms with E-state index in [0.717, 1.165) is 12.0 Å². The number of nitrogens with zero attached hydrogens (tertiary/aromatic N) is 1. The quantitative estimate of drug-likeness (QED) is 0.841. The van der Waals surface area contributed by atoms with Gasteiger partial charge in [-0.3, -0.25) is 0 Å². The number of hydrogen-bond acceptors (Lipinski definition) is 2. The van der Waals surface area contributed by atoms with Gasteiger partial charge in [0.15, 0.2) is 0 Å². The summed E-state index contributed by atoms with van der Waals surface area (Å²) in [6.07, 6.45) is 8.36. The molecule has 0 radical (unpaired) electrons. The van der Waals surface area contributed by atoms with Crippen molar-refractivity contribution in [1.82, 2.24) is 4.90 Å². The topological polar surface area (TPSA) is 15.3 Å². The first-order chi connectivity index (χ1) is 9.74. The van der Waals surface area contributed by atoms with Crippen molar-refractivity contribution < 1.29 is 0 Å². The molecule has 1 saturated carbocycles. The van der Waals surface area contributed by atoms with Crippen molar-refractivity contribution in [3.05, 3.63) is 29.3 Å². The molecular weight excluding hydrogens is 244 g/mol. The number of fused-ring (bicyclic) bond motifs is 1. The highest BCUT2D eigenvalue weighted by atomic mass is 15.1. The highest BCUT2D eigenvalue weighted by Crippen LogP contribution is 2.55. The normalized spacial score (nSPS) is 36.1. The van der Waals surface area contributed by atoms with Gasteiger partial charge in [-0.2, -0.15) is 0 Å². The summed E-state index contributed by atoms with van der Waals surface area (Å²) in [5.74, 6) is 0.898. The third-order valence-electron chi connectivity index (χ3n) is 6.40. The smallest absolute Gasteiger partial charge is 0.0340 e. The Morgan fingerprint density at radius 1 is 1.25 bits per heavy atom. The lowest BCUT2D eigenvalue weighted by Crippen LogP contribution is -2.59. The van der Waals surface area contributed by atoms with E-state index in [4.69, 9.17) is 0 Å². The minimum Gasteiger partial charge on any atom is -0.388 e. The molecule has 1 aliphatic heterocycles. The zero-order chi connectivity index (χ0) is 13.7. The molecule has 3 atom stereocenters. The van der Waals surface area contributed by atoms with Crippen LogP contribution in [0, 0.1) is 5.92 Å². The van der Waals surface area contributed by atoms with Gasteiger partial charge in [-0.15, -0.1) is 0 Å². The Hall–Kier alpha value is -1.02. The van der Waals surface area contributed by atoms with Crippen molar-refractivity contribution in [2.75, 3.05) is 26.0 Å². The Balaban J connectivity index is 1.88. The Morgan fingerprint density at radius 2 is 2.15 bits per heavy atom. The molecule has 2 nitrogen and oxygen atoms in total. The molecule has 4 rings (SSSR count). The second-order valence-corrected chi connectivity index (χ2v) is 7.13. The van der Waals surface area contributed by atoms with Crippen LogP contribution in [0.1, 0.15) is 43.2 Å². The van der Waals surface area contributed by atoms with Crippen molar-refractivity contribution in [1.29, 1.82) is 0 Å². The van der Waals surface area contributed by atoms with Crippen molar-refractivity contribution in [3.8, 4) is 0 Å². The van der Waals surface area contributed by atoms with E-state index in [1.807, 2.05) is 7.05 Å². The summed E-state index contributed by atoms with van der Waals surface area (Å²) >= 11 is 0. The van der Waals surface area contributed by atoms with E-state index in [-0.39, 0.29) is 0 Å².